The van der Waals surface area contributed by atoms with Gasteiger partial charge in [-0.3, -0.25) is 0 Å². The van der Waals surface area contributed by atoms with E-state index in [1.165, 1.54) is 66.1 Å². The molecule has 0 aliphatic rings. The van der Waals surface area contributed by atoms with Crippen molar-refractivity contribution in [3.63, 3.8) is 0 Å². The predicted molar refractivity (Wildman–Crippen MR) is 218 cm³/mol. The number of fused-ring (bicyclic) bond motifs is 3. The predicted octanol–water partition coefficient (Wildman–Crippen LogP) is 14.1. The van der Waals surface area contributed by atoms with Crippen molar-refractivity contribution in [1.82, 2.24) is 0 Å². The summed E-state index contributed by atoms with van der Waals surface area (Å²) in [6.45, 7) is 0. The first-order valence-corrected chi connectivity index (χ1v) is 17.5. The van der Waals surface area contributed by atoms with Gasteiger partial charge in [-0.25, -0.2) is 0 Å². The SMILES string of the molecule is c1ccc(-c2cccc(N(c3ccccc3)c3ccccc3-c3ccc4c(c3)c(-c3ccccc3)c(-c3ccccc3)c3ccccc34)c2)cc1. The van der Waals surface area contributed by atoms with Gasteiger partial charge in [-0.1, -0.05) is 176 Å². The molecule has 0 heterocycles. The fourth-order valence-electron chi connectivity index (χ4n) is 7.54. The molecule has 0 bridgehead atoms. The van der Waals surface area contributed by atoms with E-state index in [1.54, 1.807) is 0 Å². The molecule has 0 saturated heterocycles. The molecule has 0 atom stereocenters. The summed E-state index contributed by atoms with van der Waals surface area (Å²) in [7, 11) is 0. The van der Waals surface area contributed by atoms with E-state index in [0.29, 0.717) is 0 Å². The van der Waals surface area contributed by atoms with Crippen LogP contribution in [0.25, 0.3) is 66.1 Å². The third-order valence-electron chi connectivity index (χ3n) is 9.83. The van der Waals surface area contributed by atoms with Gasteiger partial charge in [0.05, 0.1) is 5.69 Å². The van der Waals surface area contributed by atoms with Crippen LogP contribution in [0.4, 0.5) is 17.1 Å². The molecule has 1 heteroatoms. The highest BCUT2D eigenvalue weighted by Gasteiger charge is 2.21. The number of hydrogen-bond donors (Lipinski definition) is 0. The van der Waals surface area contributed by atoms with Gasteiger partial charge in [0.1, 0.15) is 0 Å². The van der Waals surface area contributed by atoms with Crippen molar-refractivity contribution >= 4 is 38.6 Å². The van der Waals surface area contributed by atoms with Crippen LogP contribution in [-0.2, 0) is 0 Å². The average Bonchev–Trinajstić information content (AvgIpc) is 3.22. The molecule has 0 spiro atoms. The quantitative estimate of drug-likeness (QED) is 0.155. The Morgan fingerprint density at radius 1 is 0.255 bits per heavy atom. The van der Waals surface area contributed by atoms with Gasteiger partial charge < -0.3 is 4.90 Å². The summed E-state index contributed by atoms with van der Waals surface area (Å²) in [6, 6.07) is 76.6. The summed E-state index contributed by atoms with van der Waals surface area (Å²) in [6.07, 6.45) is 0. The maximum Gasteiger partial charge on any atom is 0.0540 e. The summed E-state index contributed by atoms with van der Waals surface area (Å²) >= 11 is 0. The van der Waals surface area contributed by atoms with Gasteiger partial charge in [-0.2, -0.15) is 0 Å². The second-order valence-electron chi connectivity index (χ2n) is 12.9. The summed E-state index contributed by atoms with van der Waals surface area (Å²) in [5, 5.41) is 5.01. The smallest absolute Gasteiger partial charge is 0.0540 e. The molecule has 0 N–H and O–H groups in total. The first-order valence-electron chi connectivity index (χ1n) is 17.5. The molecule has 0 radical (unpaired) electrons. The molecule has 1 nitrogen and oxygen atoms in total. The minimum Gasteiger partial charge on any atom is -0.310 e. The van der Waals surface area contributed by atoms with Crippen LogP contribution in [0.1, 0.15) is 0 Å². The molecule has 240 valence electrons. The molecular weight excluding hydrogens is 615 g/mol. The van der Waals surface area contributed by atoms with Crippen LogP contribution in [-0.4, -0.2) is 0 Å². The van der Waals surface area contributed by atoms with E-state index >= 15 is 0 Å². The second-order valence-corrected chi connectivity index (χ2v) is 12.9. The van der Waals surface area contributed by atoms with Crippen LogP contribution in [0.15, 0.2) is 212 Å². The number of para-hydroxylation sites is 2. The van der Waals surface area contributed by atoms with E-state index in [2.05, 4.69) is 217 Å². The average molecular weight is 650 g/mol. The zero-order valence-electron chi connectivity index (χ0n) is 28.2. The lowest BCUT2D eigenvalue weighted by molar-refractivity contribution is 1.28. The van der Waals surface area contributed by atoms with E-state index in [4.69, 9.17) is 0 Å². The lowest BCUT2D eigenvalue weighted by Gasteiger charge is -2.28. The molecule has 0 aliphatic heterocycles. The zero-order chi connectivity index (χ0) is 34.0. The Morgan fingerprint density at radius 2 is 0.745 bits per heavy atom. The third-order valence-corrected chi connectivity index (χ3v) is 9.83. The number of anilines is 3. The van der Waals surface area contributed by atoms with Crippen LogP contribution in [0, 0.1) is 0 Å². The third kappa shape index (κ3) is 5.65. The van der Waals surface area contributed by atoms with Gasteiger partial charge in [0.25, 0.3) is 0 Å². The molecule has 51 heavy (non-hydrogen) atoms. The molecule has 0 aromatic heterocycles. The van der Waals surface area contributed by atoms with Crippen molar-refractivity contribution in [2.24, 2.45) is 0 Å². The van der Waals surface area contributed by atoms with Crippen molar-refractivity contribution in [1.29, 1.82) is 0 Å². The minimum atomic E-state index is 1.11. The van der Waals surface area contributed by atoms with Crippen molar-refractivity contribution < 1.29 is 0 Å². The van der Waals surface area contributed by atoms with E-state index in [1.807, 2.05) is 0 Å². The lowest BCUT2D eigenvalue weighted by atomic mass is 9.84. The Morgan fingerprint density at radius 3 is 1.43 bits per heavy atom. The van der Waals surface area contributed by atoms with E-state index in [0.717, 1.165) is 17.1 Å². The second kappa shape index (κ2) is 13.3. The Labute approximate surface area is 299 Å². The molecule has 0 aliphatic carbocycles. The molecule has 0 fully saturated rings. The zero-order valence-corrected chi connectivity index (χ0v) is 28.2. The van der Waals surface area contributed by atoms with Crippen LogP contribution >= 0.6 is 0 Å². The van der Waals surface area contributed by atoms with Crippen molar-refractivity contribution in [3.05, 3.63) is 212 Å². The highest BCUT2D eigenvalue weighted by atomic mass is 15.1. The lowest BCUT2D eigenvalue weighted by Crippen LogP contribution is -2.11. The van der Waals surface area contributed by atoms with Crippen LogP contribution < -0.4 is 4.90 Å². The van der Waals surface area contributed by atoms with Crippen LogP contribution in [0.2, 0.25) is 0 Å². The minimum absolute atomic E-state index is 1.11. The monoisotopic (exact) mass is 649 g/mol. The Balaban J connectivity index is 1.31. The molecular formula is C50H35N. The number of rotatable bonds is 7. The van der Waals surface area contributed by atoms with E-state index < -0.39 is 0 Å². The summed E-state index contributed by atoms with van der Waals surface area (Å²) in [4.78, 5) is 2.39. The normalized spacial score (nSPS) is 11.1. The Hall–Kier alpha value is -6.70. The fraction of sp³-hybridized carbons (Fsp3) is 0. The summed E-state index contributed by atoms with van der Waals surface area (Å²) in [5.41, 5.74) is 13.0. The Kier molecular flexibility index (Phi) is 7.92. The standard InChI is InChI=1S/C50H35N/c1-5-18-36(19-6-1)39-24-17-27-42(34-39)51(41-25-11-4-12-26-41)48-31-16-15-28-43(48)40-32-33-45-44-29-13-14-30-46(44)49(37-20-7-2-8-21-37)50(47(45)35-40)38-22-9-3-10-23-38/h1-35H. The van der Waals surface area contributed by atoms with Gasteiger partial charge in [0.15, 0.2) is 0 Å². The first-order chi connectivity index (χ1) is 25.3. The highest BCUT2D eigenvalue weighted by molar-refractivity contribution is 6.22. The summed E-state index contributed by atoms with van der Waals surface area (Å²) < 4.78 is 0. The molecule has 9 aromatic rings. The van der Waals surface area contributed by atoms with Crippen LogP contribution in [0.5, 0.6) is 0 Å². The molecule has 9 aromatic carbocycles. The Bertz CT molecular complexity index is 2610. The van der Waals surface area contributed by atoms with Gasteiger partial charge in [0.2, 0.25) is 0 Å². The molecule has 0 unspecified atom stereocenters. The number of hydrogen-bond acceptors (Lipinski definition) is 1. The van der Waals surface area contributed by atoms with Gasteiger partial charge in [-0.05, 0) is 96.9 Å². The van der Waals surface area contributed by atoms with Crippen molar-refractivity contribution in [3.8, 4) is 44.5 Å². The van der Waals surface area contributed by atoms with Crippen molar-refractivity contribution in [2.75, 3.05) is 4.90 Å². The molecule has 0 amide bonds. The topological polar surface area (TPSA) is 3.24 Å². The first kappa shape index (κ1) is 30.4. The largest absolute Gasteiger partial charge is 0.310 e. The van der Waals surface area contributed by atoms with Crippen LogP contribution in [0.3, 0.4) is 0 Å². The maximum absolute atomic E-state index is 2.42. The van der Waals surface area contributed by atoms with Gasteiger partial charge in [0, 0.05) is 16.9 Å². The maximum atomic E-state index is 2.42. The number of benzene rings is 9. The molecule has 0 saturated carbocycles. The fourth-order valence-corrected chi connectivity index (χ4v) is 7.54. The van der Waals surface area contributed by atoms with E-state index in [-0.39, 0.29) is 0 Å². The van der Waals surface area contributed by atoms with Gasteiger partial charge >= 0.3 is 0 Å². The van der Waals surface area contributed by atoms with Crippen molar-refractivity contribution in [2.45, 2.75) is 0 Å². The summed E-state index contributed by atoms with van der Waals surface area (Å²) in [5.74, 6) is 0. The highest BCUT2D eigenvalue weighted by Crippen LogP contribution is 2.47. The number of nitrogens with zero attached hydrogens (tertiary/aromatic N) is 1. The van der Waals surface area contributed by atoms with Gasteiger partial charge in [-0.15, -0.1) is 0 Å². The molecule has 9 rings (SSSR count). The van der Waals surface area contributed by atoms with E-state index in [9.17, 15) is 0 Å².